The minimum Gasteiger partial charge on any atom is -0.497 e. The minimum atomic E-state index is 0.649. The van der Waals surface area contributed by atoms with Crippen molar-refractivity contribution in [3.63, 3.8) is 0 Å². The fraction of sp³-hybridized carbons (Fsp3) is 0.100. The first-order chi connectivity index (χ1) is 6.74. The van der Waals surface area contributed by atoms with Crippen molar-refractivity contribution in [3.05, 3.63) is 23.8 Å². The van der Waals surface area contributed by atoms with Gasteiger partial charge in [0.1, 0.15) is 5.75 Å². The van der Waals surface area contributed by atoms with Crippen LogP contribution < -0.4 is 4.74 Å². The summed E-state index contributed by atoms with van der Waals surface area (Å²) in [4.78, 5) is 10.8. The molecule has 14 heavy (non-hydrogen) atoms. The van der Waals surface area contributed by atoms with Gasteiger partial charge in [0, 0.05) is 15.6 Å². The number of ether oxygens (including phenoxy) is 1. The Morgan fingerprint density at radius 2 is 2.21 bits per heavy atom. The van der Waals surface area contributed by atoms with Crippen LogP contribution in [0.5, 0.6) is 5.75 Å². The van der Waals surface area contributed by atoms with E-state index in [2.05, 4.69) is 12.6 Å². The summed E-state index contributed by atoms with van der Waals surface area (Å²) in [5, 5.41) is 0.941. The highest BCUT2D eigenvalue weighted by Crippen LogP contribution is 2.33. The molecular formula is C10H8O2S2. The highest BCUT2D eigenvalue weighted by molar-refractivity contribution is 7.83. The molecule has 0 aliphatic carbocycles. The molecule has 1 heterocycles. The van der Waals surface area contributed by atoms with Crippen molar-refractivity contribution in [2.45, 2.75) is 4.21 Å². The number of hydrogen-bond acceptors (Lipinski definition) is 4. The van der Waals surface area contributed by atoms with Crippen LogP contribution in [0.4, 0.5) is 0 Å². The molecule has 0 saturated heterocycles. The molecule has 4 heteroatoms. The lowest BCUT2D eigenvalue weighted by Crippen LogP contribution is -1.86. The fourth-order valence-corrected chi connectivity index (χ4v) is 2.63. The number of rotatable bonds is 2. The van der Waals surface area contributed by atoms with E-state index in [0.29, 0.717) is 11.3 Å². The van der Waals surface area contributed by atoms with E-state index in [1.54, 1.807) is 13.2 Å². The molecule has 0 aliphatic rings. The van der Waals surface area contributed by atoms with E-state index in [1.165, 1.54) is 11.3 Å². The SMILES string of the molecule is COc1cc(C=O)c2cc(S)sc2c1. The van der Waals surface area contributed by atoms with Crippen molar-refractivity contribution < 1.29 is 9.53 Å². The van der Waals surface area contributed by atoms with Gasteiger partial charge in [-0.2, -0.15) is 0 Å². The highest BCUT2D eigenvalue weighted by atomic mass is 32.2. The summed E-state index contributed by atoms with van der Waals surface area (Å²) in [5.74, 6) is 0.704. The summed E-state index contributed by atoms with van der Waals surface area (Å²) in [6.07, 6.45) is 0.838. The molecule has 0 N–H and O–H groups in total. The maximum atomic E-state index is 10.8. The average molecular weight is 224 g/mol. The summed E-state index contributed by atoms with van der Waals surface area (Å²) in [5.41, 5.74) is 0.649. The Bertz CT molecular complexity index is 488. The van der Waals surface area contributed by atoms with E-state index >= 15 is 0 Å². The maximum absolute atomic E-state index is 10.8. The van der Waals surface area contributed by atoms with Crippen LogP contribution in [0.2, 0.25) is 0 Å². The summed E-state index contributed by atoms with van der Waals surface area (Å²) < 4.78 is 7.02. The third-order valence-electron chi connectivity index (χ3n) is 1.99. The minimum absolute atomic E-state index is 0.649. The van der Waals surface area contributed by atoms with Gasteiger partial charge in [-0.05, 0) is 18.2 Å². The number of carbonyl (C=O) groups is 1. The van der Waals surface area contributed by atoms with E-state index in [4.69, 9.17) is 4.74 Å². The average Bonchev–Trinajstić information content (AvgIpc) is 2.56. The summed E-state index contributed by atoms with van der Waals surface area (Å²) >= 11 is 5.79. The molecule has 1 aromatic heterocycles. The quantitative estimate of drug-likeness (QED) is 0.627. The smallest absolute Gasteiger partial charge is 0.150 e. The largest absolute Gasteiger partial charge is 0.497 e. The van der Waals surface area contributed by atoms with E-state index < -0.39 is 0 Å². The predicted octanol–water partition coefficient (Wildman–Crippen LogP) is 3.01. The molecule has 0 amide bonds. The maximum Gasteiger partial charge on any atom is 0.150 e. The number of thiophene rings is 1. The summed E-state index contributed by atoms with van der Waals surface area (Å²) in [7, 11) is 1.59. The van der Waals surface area contributed by atoms with Crippen LogP contribution in [0.1, 0.15) is 10.4 Å². The molecule has 0 aliphatic heterocycles. The number of hydrogen-bond donors (Lipinski definition) is 1. The van der Waals surface area contributed by atoms with E-state index in [1.807, 2.05) is 12.1 Å². The lowest BCUT2D eigenvalue weighted by atomic mass is 10.1. The molecule has 2 nitrogen and oxygen atoms in total. The van der Waals surface area contributed by atoms with Gasteiger partial charge in [-0.3, -0.25) is 4.79 Å². The Labute approximate surface area is 90.9 Å². The van der Waals surface area contributed by atoms with Crippen molar-refractivity contribution in [2.24, 2.45) is 0 Å². The monoisotopic (exact) mass is 224 g/mol. The van der Waals surface area contributed by atoms with Crippen LogP contribution in [0.15, 0.2) is 22.4 Å². The van der Waals surface area contributed by atoms with Gasteiger partial charge in [-0.15, -0.1) is 24.0 Å². The van der Waals surface area contributed by atoms with Gasteiger partial charge in [0.15, 0.2) is 6.29 Å². The first-order valence-electron chi connectivity index (χ1n) is 4.00. The molecule has 2 aromatic rings. The zero-order valence-corrected chi connectivity index (χ0v) is 9.19. The Kier molecular flexibility index (Phi) is 2.48. The zero-order chi connectivity index (χ0) is 10.1. The van der Waals surface area contributed by atoms with Crippen LogP contribution in [-0.2, 0) is 0 Å². The van der Waals surface area contributed by atoms with E-state index in [9.17, 15) is 4.79 Å². The van der Waals surface area contributed by atoms with Crippen molar-refractivity contribution in [2.75, 3.05) is 7.11 Å². The molecule has 0 bridgehead atoms. The second-order valence-corrected chi connectivity index (χ2v) is 4.70. The third-order valence-corrected chi connectivity index (χ3v) is 3.28. The molecule has 1 aromatic carbocycles. The zero-order valence-electron chi connectivity index (χ0n) is 7.48. The van der Waals surface area contributed by atoms with Crippen LogP contribution in [-0.4, -0.2) is 13.4 Å². The van der Waals surface area contributed by atoms with Crippen molar-refractivity contribution >= 4 is 40.3 Å². The number of carbonyl (C=O) groups excluding carboxylic acids is 1. The molecule has 0 saturated carbocycles. The van der Waals surface area contributed by atoms with Crippen molar-refractivity contribution in [3.8, 4) is 5.75 Å². The van der Waals surface area contributed by atoms with Gasteiger partial charge in [0.05, 0.1) is 11.3 Å². The van der Waals surface area contributed by atoms with Crippen LogP contribution in [0.25, 0.3) is 10.1 Å². The summed E-state index contributed by atoms with van der Waals surface area (Å²) in [6.45, 7) is 0. The van der Waals surface area contributed by atoms with Gasteiger partial charge in [-0.1, -0.05) is 0 Å². The first kappa shape index (κ1) is 9.55. The lowest BCUT2D eigenvalue weighted by molar-refractivity contribution is 0.112. The van der Waals surface area contributed by atoms with E-state index in [0.717, 1.165) is 20.6 Å². The van der Waals surface area contributed by atoms with Crippen molar-refractivity contribution in [1.82, 2.24) is 0 Å². The normalized spacial score (nSPS) is 10.4. The number of benzene rings is 1. The van der Waals surface area contributed by atoms with E-state index in [-0.39, 0.29) is 0 Å². The molecule has 2 rings (SSSR count). The van der Waals surface area contributed by atoms with Gasteiger partial charge >= 0.3 is 0 Å². The van der Waals surface area contributed by atoms with Crippen LogP contribution >= 0.6 is 24.0 Å². The Hall–Kier alpha value is -1.00. The molecule has 0 fully saturated rings. The number of methoxy groups -OCH3 is 1. The van der Waals surface area contributed by atoms with Crippen LogP contribution in [0, 0.1) is 0 Å². The van der Waals surface area contributed by atoms with Gasteiger partial charge in [0.25, 0.3) is 0 Å². The van der Waals surface area contributed by atoms with Gasteiger partial charge in [0.2, 0.25) is 0 Å². The molecule has 0 spiro atoms. The Morgan fingerprint density at radius 1 is 1.43 bits per heavy atom. The second kappa shape index (κ2) is 3.63. The van der Waals surface area contributed by atoms with Gasteiger partial charge < -0.3 is 4.74 Å². The number of thiol groups is 1. The van der Waals surface area contributed by atoms with Crippen LogP contribution in [0.3, 0.4) is 0 Å². The van der Waals surface area contributed by atoms with Crippen molar-refractivity contribution in [1.29, 1.82) is 0 Å². The molecule has 72 valence electrons. The number of fused-ring (bicyclic) bond motifs is 1. The topological polar surface area (TPSA) is 26.3 Å². The van der Waals surface area contributed by atoms with Gasteiger partial charge in [-0.25, -0.2) is 0 Å². The highest BCUT2D eigenvalue weighted by Gasteiger charge is 2.06. The lowest BCUT2D eigenvalue weighted by Gasteiger charge is -2.00. The Balaban J connectivity index is 2.78. The summed E-state index contributed by atoms with van der Waals surface area (Å²) in [6, 6.07) is 5.54. The third kappa shape index (κ3) is 1.51. The number of aldehydes is 1. The molecule has 0 atom stereocenters. The first-order valence-corrected chi connectivity index (χ1v) is 5.26. The standard InChI is InChI=1S/C10H8O2S2/c1-12-7-2-6(5-11)8-4-10(13)14-9(8)3-7/h2-5,13H,1H3. The molecule has 0 radical (unpaired) electrons. The predicted molar refractivity (Wildman–Crippen MR) is 61.0 cm³/mol. The molecule has 0 unspecified atom stereocenters. The Morgan fingerprint density at radius 3 is 2.86 bits per heavy atom. The second-order valence-electron chi connectivity index (χ2n) is 2.83. The fourth-order valence-electron chi connectivity index (χ4n) is 1.34. The molecular weight excluding hydrogens is 216 g/mol.